The lowest BCUT2D eigenvalue weighted by Gasteiger charge is -2.35. The topological polar surface area (TPSA) is 27.7 Å². The fraction of sp³-hybridized carbons (Fsp3) is 0.647. The van der Waals surface area contributed by atoms with Crippen LogP contribution in [0.25, 0.3) is 0 Å². The molecule has 21 heavy (non-hydrogen) atoms. The predicted molar refractivity (Wildman–Crippen MR) is 87.1 cm³/mol. The first-order valence-electron chi connectivity index (χ1n) is 8.18. The molecule has 4 heteroatoms. The Kier molecular flexibility index (Phi) is 4.66. The second-order valence-electron chi connectivity index (χ2n) is 6.29. The summed E-state index contributed by atoms with van der Waals surface area (Å²) in [6, 6.07) is 8.88. The highest BCUT2D eigenvalue weighted by atomic mass is 16.5. The Hall–Kier alpha value is -1.26. The zero-order chi connectivity index (χ0) is 14.7. The molecule has 2 aliphatic rings. The van der Waals surface area contributed by atoms with E-state index < -0.39 is 0 Å². The van der Waals surface area contributed by atoms with E-state index in [4.69, 9.17) is 4.74 Å². The van der Waals surface area contributed by atoms with Crippen LogP contribution in [0.1, 0.15) is 19.8 Å². The molecule has 1 aromatic rings. The van der Waals surface area contributed by atoms with Crippen LogP contribution in [0.5, 0.6) is 5.75 Å². The number of likely N-dealkylation sites (N-methyl/N-ethyl adjacent to an activating group) is 1. The predicted octanol–water partition coefficient (Wildman–Crippen LogP) is 2.28. The van der Waals surface area contributed by atoms with Crippen LogP contribution in [0.15, 0.2) is 24.3 Å². The average Bonchev–Trinajstić information content (AvgIpc) is 2.68. The molecule has 1 saturated heterocycles. The zero-order valence-electron chi connectivity index (χ0n) is 13.2. The summed E-state index contributed by atoms with van der Waals surface area (Å²) in [6.45, 7) is 7.79. The van der Waals surface area contributed by atoms with Crippen molar-refractivity contribution < 1.29 is 4.74 Å². The van der Waals surface area contributed by atoms with Crippen molar-refractivity contribution in [1.29, 1.82) is 0 Å². The highest BCUT2D eigenvalue weighted by molar-refractivity contribution is 5.57. The van der Waals surface area contributed by atoms with Gasteiger partial charge in [0.15, 0.2) is 0 Å². The van der Waals surface area contributed by atoms with Crippen LogP contribution < -0.4 is 10.1 Å². The van der Waals surface area contributed by atoms with Crippen LogP contribution in [0.3, 0.4) is 0 Å². The molecule has 2 heterocycles. The molecule has 1 aromatic carbocycles. The van der Waals surface area contributed by atoms with Crippen LogP contribution in [0.2, 0.25) is 0 Å². The van der Waals surface area contributed by atoms with E-state index in [1.807, 2.05) is 12.1 Å². The van der Waals surface area contributed by atoms with Gasteiger partial charge in [-0.2, -0.15) is 0 Å². The molecule has 3 rings (SSSR count). The van der Waals surface area contributed by atoms with E-state index in [1.54, 1.807) is 0 Å². The lowest BCUT2D eigenvalue weighted by molar-refractivity contribution is 0.103. The van der Waals surface area contributed by atoms with Crippen molar-refractivity contribution in [3.05, 3.63) is 24.3 Å². The molecule has 0 bridgehead atoms. The van der Waals surface area contributed by atoms with E-state index >= 15 is 0 Å². The maximum atomic E-state index is 6.18. The molecule has 0 saturated carbocycles. The van der Waals surface area contributed by atoms with E-state index in [9.17, 15) is 0 Å². The van der Waals surface area contributed by atoms with Gasteiger partial charge in [0.2, 0.25) is 0 Å². The van der Waals surface area contributed by atoms with E-state index in [0.29, 0.717) is 6.04 Å². The second kappa shape index (κ2) is 6.67. The first-order valence-corrected chi connectivity index (χ1v) is 8.18. The Morgan fingerprint density at radius 1 is 1.29 bits per heavy atom. The number of hydrogen-bond acceptors (Lipinski definition) is 4. The number of rotatable bonds is 3. The highest BCUT2D eigenvalue weighted by Crippen LogP contribution is 2.28. The number of fused-ring (bicyclic) bond motifs is 1. The third-order valence-corrected chi connectivity index (χ3v) is 4.63. The molecule has 0 aromatic heterocycles. The number of benzene rings is 1. The van der Waals surface area contributed by atoms with Gasteiger partial charge in [-0.25, -0.2) is 0 Å². The molecule has 1 N–H and O–H groups in total. The van der Waals surface area contributed by atoms with Crippen LogP contribution in [-0.4, -0.2) is 61.7 Å². The number of hydrogen-bond donors (Lipinski definition) is 1. The molecule has 2 aliphatic heterocycles. The van der Waals surface area contributed by atoms with Crippen LogP contribution >= 0.6 is 0 Å². The van der Waals surface area contributed by atoms with Gasteiger partial charge in [-0.1, -0.05) is 19.1 Å². The maximum absolute atomic E-state index is 6.18. The number of ether oxygens (including phenoxy) is 1. The summed E-state index contributed by atoms with van der Waals surface area (Å²) in [5.74, 6) is 0.994. The van der Waals surface area contributed by atoms with Crippen molar-refractivity contribution in [2.75, 3.05) is 45.1 Å². The average molecular weight is 289 g/mol. The second-order valence-corrected chi connectivity index (χ2v) is 6.29. The third kappa shape index (κ3) is 3.50. The molecule has 0 spiro atoms. The lowest BCUT2D eigenvalue weighted by Crippen LogP contribution is -2.47. The minimum absolute atomic E-state index is 0.248. The van der Waals surface area contributed by atoms with Gasteiger partial charge < -0.3 is 15.0 Å². The van der Waals surface area contributed by atoms with Crippen molar-refractivity contribution in [2.24, 2.45) is 0 Å². The van der Waals surface area contributed by atoms with Gasteiger partial charge in [0.05, 0.1) is 12.2 Å². The minimum atomic E-state index is 0.248. The van der Waals surface area contributed by atoms with Gasteiger partial charge >= 0.3 is 0 Å². The van der Waals surface area contributed by atoms with E-state index in [-0.39, 0.29) is 6.10 Å². The quantitative estimate of drug-likeness (QED) is 0.924. The molecule has 0 amide bonds. The summed E-state index contributed by atoms with van der Waals surface area (Å²) in [4.78, 5) is 5.09. The van der Waals surface area contributed by atoms with Crippen molar-refractivity contribution in [2.45, 2.75) is 31.9 Å². The third-order valence-electron chi connectivity index (χ3n) is 4.63. The zero-order valence-corrected chi connectivity index (χ0v) is 13.2. The Bertz CT molecular complexity index is 465. The van der Waals surface area contributed by atoms with Crippen molar-refractivity contribution in [3.63, 3.8) is 0 Å². The molecular weight excluding hydrogens is 262 g/mol. The van der Waals surface area contributed by atoms with E-state index in [2.05, 4.69) is 41.2 Å². The molecule has 0 radical (unpaired) electrons. The van der Waals surface area contributed by atoms with Crippen molar-refractivity contribution in [1.82, 2.24) is 9.80 Å². The summed E-state index contributed by atoms with van der Waals surface area (Å²) in [6.07, 6.45) is 2.71. The summed E-state index contributed by atoms with van der Waals surface area (Å²) < 4.78 is 6.18. The number of para-hydroxylation sites is 2. The van der Waals surface area contributed by atoms with Gasteiger partial charge in [0, 0.05) is 19.1 Å². The van der Waals surface area contributed by atoms with Crippen LogP contribution in [0.4, 0.5) is 5.69 Å². The van der Waals surface area contributed by atoms with E-state index in [0.717, 1.165) is 24.5 Å². The molecule has 1 fully saturated rings. The van der Waals surface area contributed by atoms with Gasteiger partial charge in [-0.3, -0.25) is 4.90 Å². The Labute approximate surface area is 128 Å². The first-order chi connectivity index (χ1) is 10.3. The summed E-state index contributed by atoms with van der Waals surface area (Å²) in [5, 5.41) is 3.50. The van der Waals surface area contributed by atoms with Crippen molar-refractivity contribution >= 4 is 5.69 Å². The summed E-state index contributed by atoms with van der Waals surface area (Å²) >= 11 is 0. The highest BCUT2D eigenvalue weighted by Gasteiger charge is 2.27. The Balaban J connectivity index is 1.63. The first kappa shape index (κ1) is 14.7. The Morgan fingerprint density at radius 2 is 2.14 bits per heavy atom. The fourth-order valence-corrected chi connectivity index (χ4v) is 3.44. The van der Waals surface area contributed by atoms with E-state index in [1.165, 1.54) is 32.5 Å². The number of nitrogens with zero attached hydrogens (tertiary/aromatic N) is 2. The normalized spacial score (nSPS) is 27.3. The minimum Gasteiger partial charge on any atom is -0.485 e. The van der Waals surface area contributed by atoms with Crippen LogP contribution in [0, 0.1) is 0 Å². The molecule has 2 unspecified atom stereocenters. The Morgan fingerprint density at radius 3 is 3.00 bits per heavy atom. The maximum Gasteiger partial charge on any atom is 0.142 e. The number of anilines is 1. The summed E-state index contributed by atoms with van der Waals surface area (Å²) in [7, 11) is 2.24. The van der Waals surface area contributed by atoms with Gasteiger partial charge in [-0.15, -0.1) is 0 Å². The largest absolute Gasteiger partial charge is 0.485 e. The molecule has 116 valence electrons. The standard InChI is InChI=1S/C17H27N3O/c1-3-14-12-19(2)9-6-10-20(14)13-15-11-18-16-7-4-5-8-17(16)21-15/h4-5,7-8,14-15,18H,3,6,9-13H2,1-2H3. The van der Waals surface area contributed by atoms with Gasteiger partial charge in [0.1, 0.15) is 11.9 Å². The van der Waals surface area contributed by atoms with Gasteiger partial charge in [-0.05, 0) is 45.1 Å². The monoisotopic (exact) mass is 289 g/mol. The van der Waals surface area contributed by atoms with Crippen molar-refractivity contribution in [3.8, 4) is 5.75 Å². The fourth-order valence-electron chi connectivity index (χ4n) is 3.44. The SMILES string of the molecule is CCC1CN(C)CCCN1CC1CNc2ccccc2O1. The van der Waals surface area contributed by atoms with Gasteiger partial charge in [0.25, 0.3) is 0 Å². The molecule has 4 nitrogen and oxygen atoms in total. The smallest absolute Gasteiger partial charge is 0.142 e. The van der Waals surface area contributed by atoms with Crippen LogP contribution in [-0.2, 0) is 0 Å². The molecule has 0 aliphatic carbocycles. The molecule has 2 atom stereocenters. The number of nitrogens with one attached hydrogen (secondary N) is 1. The lowest BCUT2D eigenvalue weighted by atomic mass is 10.1. The molecular formula is C17H27N3O. The summed E-state index contributed by atoms with van der Waals surface area (Å²) in [5.41, 5.74) is 1.12.